The molecule has 31 heavy (non-hydrogen) atoms. The average Bonchev–Trinajstić information content (AvgIpc) is 2.78. The maximum absolute atomic E-state index is 14.3. The van der Waals surface area contributed by atoms with Gasteiger partial charge in [0.1, 0.15) is 17.3 Å². The van der Waals surface area contributed by atoms with Gasteiger partial charge >= 0.3 is 5.97 Å². The van der Waals surface area contributed by atoms with E-state index in [2.05, 4.69) is 0 Å². The monoisotopic (exact) mass is 430 g/mol. The largest absolute Gasteiger partial charge is 0.497 e. The van der Waals surface area contributed by atoms with Gasteiger partial charge in [0.25, 0.3) is 0 Å². The molecule has 0 aromatic heterocycles. The van der Waals surface area contributed by atoms with E-state index >= 15 is 0 Å². The fourth-order valence-corrected chi connectivity index (χ4v) is 4.25. The molecule has 1 N–H and O–H groups in total. The molecule has 1 unspecified atom stereocenters. The molecule has 1 aliphatic rings. The molecule has 0 radical (unpaired) electrons. The predicted molar refractivity (Wildman–Crippen MR) is 116 cm³/mol. The summed E-state index contributed by atoms with van der Waals surface area (Å²) in [5, 5.41) is 9.12. The fourth-order valence-electron chi connectivity index (χ4n) is 4.25. The second-order valence-corrected chi connectivity index (χ2v) is 8.03. The Bertz CT molecular complexity index is 861. The van der Waals surface area contributed by atoms with Crippen molar-refractivity contribution in [3.05, 3.63) is 59.4 Å². The second-order valence-electron chi connectivity index (χ2n) is 8.03. The third-order valence-corrected chi connectivity index (χ3v) is 5.93. The van der Waals surface area contributed by atoms with Crippen LogP contribution in [0, 0.1) is 11.7 Å². The van der Waals surface area contributed by atoms with Gasteiger partial charge in [0, 0.05) is 6.61 Å². The number of hydrogen-bond donors (Lipinski definition) is 1. The summed E-state index contributed by atoms with van der Waals surface area (Å²) in [6, 6.07) is 12.4. The molecule has 5 nitrogen and oxygen atoms in total. The molecule has 1 fully saturated rings. The van der Waals surface area contributed by atoms with Gasteiger partial charge in [0.05, 0.1) is 26.2 Å². The van der Waals surface area contributed by atoms with E-state index in [0.29, 0.717) is 30.6 Å². The Morgan fingerprint density at radius 1 is 1.13 bits per heavy atom. The van der Waals surface area contributed by atoms with E-state index in [4.69, 9.17) is 19.3 Å². The van der Waals surface area contributed by atoms with Crippen LogP contribution in [-0.2, 0) is 9.53 Å². The van der Waals surface area contributed by atoms with Crippen LogP contribution in [0.3, 0.4) is 0 Å². The molecule has 1 aliphatic carbocycles. The topological polar surface area (TPSA) is 65.0 Å². The van der Waals surface area contributed by atoms with Crippen LogP contribution in [0.1, 0.15) is 62.2 Å². The maximum atomic E-state index is 14.3. The molecule has 0 amide bonds. The van der Waals surface area contributed by atoms with Crippen LogP contribution in [0.15, 0.2) is 42.5 Å². The molecule has 1 atom stereocenters. The minimum absolute atomic E-state index is 0.0812. The molecular weight excluding hydrogens is 399 g/mol. The van der Waals surface area contributed by atoms with E-state index in [1.165, 1.54) is 6.07 Å². The number of carbonyl (C=O) groups is 1. The SMILES string of the molecule is CCOC(CC(=O)O)c1cccc(OCC2CCC(c3cc(OC)ccc3F)CC2)c1. The van der Waals surface area contributed by atoms with Gasteiger partial charge in [0.2, 0.25) is 0 Å². The van der Waals surface area contributed by atoms with Gasteiger partial charge in [-0.15, -0.1) is 0 Å². The first kappa shape index (κ1) is 23.1. The molecule has 1 saturated carbocycles. The van der Waals surface area contributed by atoms with Crippen molar-refractivity contribution in [1.82, 2.24) is 0 Å². The van der Waals surface area contributed by atoms with Gasteiger partial charge < -0.3 is 19.3 Å². The smallest absolute Gasteiger partial charge is 0.306 e. The summed E-state index contributed by atoms with van der Waals surface area (Å²) in [6.07, 6.45) is 3.22. The summed E-state index contributed by atoms with van der Waals surface area (Å²) < 4.78 is 31.1. The quantitative estimate of drug-likeness (QED) is 0.521. The molecule has 0 saturated heterocycles. The minimum atomic E-state index is -0.894. The minimum Gasteiger partial charge on any atom is -0.497 e. The van der Waals surface area contributed by atoms with E-state index in [1.54, 1.807) is 13.2 Å². The Morgan fingerprint density at radius 3 is 2.58 bits per heavy atom. The summed E-state index contributed by atoms with van der Waals surface area (Å²) in [5.74, 6) is 0.966. The Hall–Kier alpha value is -2.60. The lowest BCUT2D eigenvalue weighted by Crippen LogP contribution is -2.20. The first-order valence-corrected chi connectivity index (χ1v) is 10.9. The zero-order valence-electron chi connectivity index (χ0n) is 18.2. The molecule has 0 bridgehead atoms. The van der Waals surface area contributed by atoms with E-state index in [-0.39, 0.29) is 18.2 Å². The first-order chi connectivity index (χ1) is 15.0. The van der Waals surface area contributed by atoms with Crippen LogP contribution >= 0.6 is 0 Å². The van der Waals surface area contributed by atoms with Crippen LogP contribution in [0.25, 0.3) is 0 Å². The lowest BCUT2D eigenvalue weighted by atomic mass is 9.79. The van der Waals surface area contributed by atoms with Crippen molar-refractivity contribution in [2.24, 2.45) is 5.92 Å². The molecule has 2 aromatic rings. The summed E-state index contributed by atoms with van der Waals surface area (Å²) in [4.78, 5) is 11.1. The molecule has 0 spiro atoms. The fraction of sp³-hybridized carbons (Fsp3) is 0.480. The first-order valence-electron chi connectivity index (χ1n) is 10.9. The zero-order valence-corrected chi connectivity index (χ0v) is 18.2. The lowest BCUT2D eigenvalue weighted by molar-refractivity contribution is -0.140. The van der Waals surface area contributed by atoms with E-state index in [1.807, 2.05) is 37.3 Å². The highest BCUT2D eigenvalue weighted by molar-refractivity contribution is 5.67. The number of carboxylic acid groups (broad SMARTS) is 1. The van der Waals surface area contributed by atoms with Gasteiger partial charge in [-0.25, -0.2) is 4.39 Å². The molecular formula is C25H31FO5. The summed E-state index contributed by atoms with van der Waals surface area (Å²) in [6.45, 7) is 2.89. The predicted octanol–water partition coefficient (Wildman–Crippen LogP) is 5.74. The third kappa shape index (κ3) is 6.44. The number of ether oxygens (including phenoxy) is 3. The van der Waals surface area contributed by atoms with Crippen LogP contribution in [-0.4, -0.2) is 31.4 Å². The molecule has 0 aliphatic heterocycles. The van der Waals surface area contributed by atoms with E-state index < -0.39 is 12.1 Å². The molecule has 2 aromatic carbocycles. The van der Waals surface area contributed by atoms with Crippen molar-refractivity contribution in [3.63, 3.8) is 0 Å². The Morgan fingerprint density at radius 2 is 1.90 bits per heavy atom. The van der Waals surface area contributed by atoms with E-state index in [0.717, 1.165) is 36.8 Å². The van der Waals surface area contributed by atoms with Gasteiger partial charge in [-0.05, 0) is 85.9 Å². The van der Waals surface area contributed by atoms with Crippen molar-refractivity contribution in [2.45, 2.75) is 51.0 Å². The highest BCUT2D eigenvalue weighted by Crippen LogP contribution is 2.38. The highest BCUT2D eigenvalue weighted by atomic mass is 19.1. The van der Waals surface area contributed by atoms with Gasteiger partial charge in [-0.2, -0.15) is 0 Å². The van der Waals surface area contributed by atoms with Crippen LogP contribution < -0.4 is 9.47 Å². The van der Waals surface area contributed by atoms with Crippen LogP contribution in [0.2, 0.25) is 0 Å². The summed E-state index contributed by atoms with van der Waals surface area (Å²) >= 11 is 0. The van der Waals surface area contributed by atoms with Crippen molar-refractivity contribution >= 4 is 5.97 Å². The van der Waals surface area contributed by atoms with Crippen LogP contribution in [0.5, 0.6) is 11.5 Å². The Labute approximate surface area is 183 Å². The number of carboxylic acids is 1. The number of rotatable bonds is 10. The molecule has 3 rings (SSSR count). The van der Waals surface area contributed by atoms with E-state index in [9.17, 15) is 9.18 Å². The zero-order chi connectivity index (χ0) is 22.2. The standard InChI is InChI=1S/C25H31FO5/c1-3-30-24(15-25(27)28)19-5-4-6-21(13-19)31-16-17-7-9-18(10-8-17)22-14-20(29-2)11-12-23(22)26/h4-6,11-14,17-18,24H,3,7-10,15-16H2,1-2H3,(H,27,28). The van der Waals surface area contributed by atoms with Gasteiger partial charge in [0.15, 0.2) is 0 Å². The van der Waals surface area contributed by atoms with Crippen molar-refractivity contribution < 1.29 is 28.5 Å². The van der Waals surface area contributed by atoms with Gasteiger partial charge in [-0.1, -0.05) is 12.1 Å². The molecule has 0 heterocycles. The lowest BCUT2D eigenvalue weighted by Gasteiger charge is -2.29. The maximum Gasteiger partial charge on any atom is 0.306 e. The highest BCUT2D eigenvalue weighted by Gasteiger charge is 2.25. The van der Waals surface area contributed by atoms with Crippen molar-refractivity contribution in [2.75, 3.05) is 20.3 Å². The molecule has 168 valence electrons. The average molecular weight is 431 g/mol. The Balaban J connectivity index is 1.54. The Kier molecular flexibility index (Phi) is 8.29. The third-order valence-electron chi connectivity index (χ3n) is 5.93. The van der Waals surface area contributed by atoms with Crippen molar-refractivity contribution in [3.8, 4) is 11.5 Å². The van der Waals surface area contributed by atoms with Crippen LogP contribution in [0.4, 0.5) is 4.39 Å². The van der Waals surface area contributed by atoms with Gasteiger partial charge in [-0.3, -0.25) is 4.79 Å². The molecule has 6 heteroatoms. The second kappa shape index (κ2) is 11.1. The van der Waals surface area contributed by atoms with Crippen molar-refractivity contribution in [1.29, 1.82) is 0 Å². The number of hydrogen-bond acceptors (Lipinski definition) is 4. The number of benzene rings is 2. The summed E-state index contributed by atoms with van der Waals surface area (Å²) in [5.41, 5.74) is 1.55. The number of aliphatic carboxylic acids is 1. The number of methoxy groups -OCH3 is 1. The normalized spacial score (nSPS) is 19.6. The summed E-state index contributed by atoms with van der Waals surface area (Å²) in [7, 11) is 1.60. The number of halogens is 1.